The number of nitrogens with one attached hydrogen (secondary N) is 2. The van der Waals surface area contributed by atoms with Gasteiger partial charge in [0.15, 0.2) is 17.5 Å². The quantitative estimate of drug-likeness (QED) is 0.488. The van der Waals surface area contributed by atoms with E-state index < -0.39 is 18.5 Å². The number of hydrogen-bond donors (Lipinski definition) is 2. The zero-order valence-corrected chi connectivity index (χ0v) is 16.1. The van der Waals surface area contributed by atoms with Gasteiger partial charge < -0.3 is 15.4 Å². The summed E-state index contributed by atoms with van der Waals surface area (Å²) in [6.07, 6.45) is 3.67. The van der Waals surface area contributed by atoms with Gasteiger partial charge in [-0.2, -0.15) is 0 Å². The highest BCUT2D eigenvalue weighted by Gasteiger charge is 2.19. The van der Waals surface area contributed by atoms with Gasteiger partial charge in [0, 0.05) is 24.5 Å². The molecule has 28 heavy (non-hydrogen) atoms. The molecule has 0 saturated carbocycles. The third kappa shape index (κ3) is 4.15. The highest BCUT2D eigenvalue weighted by Crippen LogP contribution is 2.20. The lowest BCUT2D eigenvalue weighted by atomic mass is 10.2. The number of ether oxygens (including phenoxy) is 1. The number of carbonyl (C=O) groups is 3. The monoisotopic (exact) mass is 398 g/mol. The van der Waals surface area contributed by atoms with Crippen molar-refractivity contribution in [2.45, 2.75) is 5.16 Å². The molecule has 0 spiro atoms. The number of pyridine rings is 1. The van der Waals surface area contributed by atoms with Crippen LogP contribution in [-0.4, -0.2) is 47.1 Å². The van der Waals surface area contributed by atoms with E-state index in [0.29, 0.717) is 21.9 Å². The van der Waals surface area contributed by atoms with Gasteiger partial charge in [-0.25, -0.2) is 9.78 Å². The van der Waals surface area contributed by atoms with Crippen LogP contribution in [0.5, 0.6) is 0 Å². The standard InChI is InChI=1S/C19H18N4O4S/c1-20-17(25)12-6-8-13(9-7-12)21-15(24)11-27-18(26)16-14-5-3-4-10-23(14)19(22-16)28-2/h3-10H,11H2,1-2H3,(H,20,25)(H,21,24). The van der Waals surface area contributed by atoms with Crippen molar-refractivity contribution in [1.82, 2.24) is 14.7 Å². The van der Waals surface area contributed by atoms with Crippen molar-refractivity contribution in [3.05, 3.63) is 59.9 Å². The number of nitrogens with zero attached hydrogens (tertiary/aromatic N) is 2. The average Bonchev–Trinajstić information content (AvgIpc) is 3.11. The number of hydrogen-bond acceptors (Lipinski definition) is 6. The predicted molar refractivity (Wildman–Crippen MR) is 106 cm³/mol. The lowest BCUT2D eigenvalue weighted by Gasteiger charge is -2.07. The summed E-state index contributed by atoms with van der Waals surface area (Å²) in [4.78, 5) is 40.2. The molecule has 8 nitrogen and oxygen atoms in total. The summed E-state index contributed by atoms with van der Waals surface area (Å²) in [5.74, 6) is -1.38. The van der Waals surface area contributed by atoms with E-state index in [1.54, 1.807) is 47.0 Å². The molecule has 144 valence electrons. The molecule has 0 bridgehead atoms. The minimum atomic E-state index is -0.672. The van der Waals surface area contributed by atoms with Crippen LogP contribution in [0.15, 0.2) is 53.8 Å². The van der Waals surface area contributed by atoms with Crippen LogP contribution in [-0.2, 0) is 9.53 Å². The fraction of sp³-hybridized carbons (Fsp3) is 0.158. The summed E-state index contributed by atoms with van der Waals surface area (Å²) in [5.41, 5.74) is 1.74. The molecule has 0 radical (unpaired) electrons. The van der Waals surface area contributed by atoms with Gasteiger partial charge in [-0.1, -0.05) is 17.8 Å². The number of esters is 1. The Morgan fingerprint density at radius 2 is 1.89 bits per heavy atom. The zero-order valence-electron chi connectivity index (χ0n) is 15.3. The Morgan fingerprint density at radius 1 is 1.14 bits per heavy atom. The first kappa shape index (κ1) is 19.4. The topological polar surface area (TPSA) is 102 Å². The fourth-order valence-corrected chi connectivity index (χ4v) is 3.09. The Labute approximate surface area is 165 Å². The SMILES string of the molecule is CNC(=O)c1ccc(NC(=O)COC(=O)c2nc(SC)n3ccccc23)cc1. The Morgan fingerprint density at radius 3 is 2.57 bits per heavy atom. The van der Waals surface area contributed by atoms with Gasteiger partial charge in [-0.3, -0.25) is 14.0 Å². The molecule has 0 aliphatic rings. The van der Waals surface area contributed by atoms with Crippen molar-refractivity contribution in [3.8, 4) is 0 Å². The molecule has 0 aliphatic carbocycles. The van der Waals surface area contributed by atoms with Crippen molar-refractivity contribution in [2.75, 3.05) is 25.2 Å². The van der Waals surface area contributed by atoms with Crippen molar-refractivity contribution < 1.29 is 19.1 Å². The first-order valence-corrected chi connectivity index (χ1v) is 9.56. The maximum atomic E-state index is 12.4. The van der Waals surface area contributed by atoms with E-state index in [1.807, 2.05) is 12.3 Å². The molecule has 2 heterocycles. The van der Waals surface area contributed by atoms with Crippen LogP contribution in [0.2, 0.25) is 0 Å². The van der Waals surface area contributed by atoms with E-state index in [1.165, 1.54) is 18.8 Å². The number of anilines is 1. The molecular weight excluding hydrogens is 380 g/mol. The van der Waals surface area contributed by atoms with Crippen molar-refractivity contribution >= 4 is 40.7 Å². The molecule has 2 aromatic heterocycles. The lowest BCUT2D eigenvalue weighted by Crippen LogP contribution is -2.21. The fourth-order valence-electron chi connectivity index (χ4n) is 2.55. The maximum absolute atomic E-state index is 12.4. The highest BCUT2D eigenvalue weighted by atomic mass is 32.2. The van der Waals surface area contributed by atoms with Gasteiger partial charge in [0.25, 0.3) is 11.8 Å². The van der Waals surface area contributed by atoms with Crippen LogP contribution in [0.25, 0.3) is 5.52 Å². The number of aromatic nitrogens is 2. The van der Waals surface area contributed by atoms with Crippen LogP contribution in [0.4, 0.5) is 5.69 Å². The molecule has 2 N–H and O–H groups in total. The molecule has 2 amide bonds. The number of amides is 2. The number of fused-ring (bicyclic) bond motifs is 1. The van der Waals surface area contributed by atoms with Crippen LogP contribution in [0, 0.1) is 0 Å². The van der Waals surface area contributed by atoms with Crippen molar-refractivity contribution in [3.63, 3.8) is 0 Å². The Balaban J connectivity index is 1.62. The maximum Gasteiger partial charge on any atom is 0.359 e. The Hall–Kier alpha value is -3.33. The van der Waals surface area contributed by atoms with Gasteiger partial charge >= 0.3 is 5.97 Å². The third-order valence-electron chi connectivity index (χ3n) is 3.88. The summed E-state index contributed by atoms with van der Waals surface area (Å²) in [7, 11) is 1.54. The van der Waals surface area contributed by atoms with E-state index in [-0.39, 0.29) is 11.6 Å². The third-order valence-corrected chi connectivity index (χ3v) is 4.54. The smallest absolute Gasteiger partial charge is 0.359 e. The minimum absolute atomic E-state index is 0.160. The molecule has 0 aliphatic heterocycles. The van der Waals surface area contributed by atoms with E-state index in [4.69, 9.17) is 4.74 Å². The van der Waals surface area contributed by atoms with Crippen LogP contribution in [0.3, 0.4) is 0 Å². The number of benzene rings is 1. The second-order valence-electron chi connectivity index (χ2n) is 5.68. The normalized spacial score (nSPS) is 10.5. The van der Waals surface area contributed by atoms with E-state index >= 15 is 0 Å². The minimum Gasteiger partial charge on any atom is -0.451 e. The number of thioether (sulfide) groups is 1. The number of rotatable bonds is 6. The van der Waals surface area contributed by atoms with Crippen LogP contribution in [0.1, 0.15) is 20.8 Å². The Bertz CT molecular complexity index is 1030. The van der Waals surface area contributed by atoms with Gasteiger partial charge in [0.1, 0.15) is 0 Å². The summed E-state index contributed by atoms with van der Waals surface area (Å²) >= 11 is 1.40. The first-order chi connectivity index (χ1) is 13.5. The molecule has 0 saturated heterocycles. The van der Waals surface area contributed by atoms with Gasteiger partial charge in [-0.15, -0.1) is 0 Å². The molecule has 0 atom stereocenters. The van der Waals surface area contributed by atoms with Crippen LogP contribution < -0.4 is 10.6 Å². The first-order valence-electron chi connectivity index (χ1n) is 8.33. The number of carbonyl (C=O) groups excluding carboxylic acids is 3. The second-order valence-corrected chi connectivity index (χ2v) is 6.46. The van der Waals surface area contributed by atoms with Gasteiger partial charge in [-0.05, 0) is 42.7 Å². The van der Waals surface area contributed by atoms with Crippen LogP contribution >= 0.6 is 11.8 Å². The molecule has 3 aromatic rings. The summed E-state index contributed by atoms with van der Waals surface area (Å²) in [6.45, 7) is -0.448. The molecule has 0 unspecified atom stereocenters. The van der Waals surface area contributed by atoms with Gasteiger partial charge in [0.05, 0.1) is 5.52 Å². The Kier molecular flexibility index (Phi) is 5.95. The number of imidazole rings is 1. The summed E-state index contributed by atoms with van der Waals surface area (Å²) < 4.78 is 6.89. The van der Waals surface area contributed by atoms with Crippen molar-refractivity contribution in [1.29, 1.82) is 0 Å². The molecular formula is C19H18N4O4S. The lowest BCUT2D eigenvalue weighted by molar-refractivity contribution is -0.119. The average molecular weight is 398 g/mol. The van der Waals surface area contributed by atoms with E-state index in [2.05, 4.69) is 15.6 Å². The van der Waals surface area contributed by atoms with Crippen molar-refractivity contribution in [2.24, 2.45) is 0 Å². The van der Waals surface area contributed by atoms with E-state index in [0.717, 1.165) is 0 Å². The predicted octanol–water partition coefficient (Wildman–Crippen LogP) is 2.21. The summed E-state index contributed by atoms with van der Waals surface area (Å²) in [6, 6.07) is 11.8. The zero-order chi connectivity index (χ0) is 20.1. The van der Waals surface area contributed by atoms with E-state index in [9.17, 15) is 14.4 Å². The molecule has 3 rings (SSSR count). The molecule has 9 heteroatoms. The molecule has 0 fully saturated rings. The second kappa shape index (κ2) is 8.57. The summed E-state index contributed by atoms with van der Waals surface area (Å²) in [5, 5.41) is 5.78. The highest BCUT2D eigenvalue weighted by molar-refractivity contribution is 7.98. The molecule has 1 aromatic carbocycles. The largest absolute Gasteiger partial charge is 0.451 e. The van der Waals surface area contributed by atoms with Gasteiger partial charge in [0.2, 0.25) is 0 Å².